The van der Waals surface area contributed by atoms with Crippen molar-refractivity contribution in [2.45, 2.75) is 12.8 Å². The summed E-state index contributed by atoms with van der Waals surface area (Å²) in [5.74, 6) is 1.22. The third-order valence-electron chi connectivity index (χ3n) is 5.00. The summed E-state index contributed by atoms with van der Waals surface area (Å²) in [6.45, 7) is 1.59. The highest BCUT2D eigenvalue weighted by atomic mass is 32.2. The van der Waals surface area contributed by atoms with Gasteiger partial charge in [0.1, 0.15) is 11.4 Å². The van der Waals surface area contributed by atoms with Gasteiger partial charge in [-0.15, -0.1) is 0 Å². The molecular weight excluding hydrogens is 380 g/mol. The number of fused-ring (bicyclic) bond motifs is 1. The van der Waals surface area contributed by atoms with Gasteiger partial charge < -0.3 is 15.5 Å². The Labute approximate surface area is 163 Å². The first-order chi connectivity index (χ1) is 13.4. The Morgan fingerprint density at radius 1 is 1.25 bits per heavy atom. The van der Waals surface area contributed by atoms with E-state index in [0.717, 1.165) is 23.8 Å². The number of hydrogen-bond acceptors (Lipinski definition) is 7. The Morgan fingerprint density at radius 3 is 2.71 bits per heavy atom. The van der Waals surface area contributed by atoms with Crippen LogP contribution < -0.4 is 10.5 Å². The average molecular weight is 402 g/mol. The van der Waals surface area contributed by atoms with Crippen LogP contribution in [0, 0.1) is 5.92 Å². The normalized spacial score (nSPS) is 16.5. The van der Waals surface area contributed by atoms with Crippen LogP contribution in [0.4, 0.5) is 5.95 Å². The molecule has 1 saturated heterocycles. The van der Waals surface area contributed by atoms with E-state index in [2.05, 4.69) is 19.9 Å². The maximum atomic E-state index is 11.7. The van der Waals surface area contributed by atoms with E-state index in [-0.39, 0.29) is 5.95 Å². The summed E-state index contributed by atoms with van der Waals surface area (Å²) < 4.78 is 31.0. The first-order valence-corrected chi connectivity index (χ1v) is 10.9. The third-order valence-corrected chi connectivity index (χ3v) is 6.31. The second kappa shape index (κ2) is 7.36. The summed E-state index contributed by atoms with van der Waals surface area (Å²) in [4.78, 5) is 15.7. The van der Waals surface area contributed by atoms with Crippen molar-refractivity contribution in [2.24, 2.45) is 5.92 Å². The van der Waals surface area contributed by atoms with Crippen molar-refractivity contribution in [1.29, 1.82) is 0 Å². The molecule has 0 bridgehead atoms. The van der Waals surface area contributed by atoms with Crippen molar-refractivity contribution >= 4 is 27.0 Å². The topological polar surface area (TPSA) is 127 Å². The molecule has 9 nitrogen and oxygen atoms in total. The molecular formula is C18H22N6O3S. The Kier molecular flexibility index (Phi) is 4.90. The Morgan fingerprint density at radius 2 is 2.00 bits per heavy atom. The fourth-order valence-corrected chi connectivity index (χ4v) is 4.36. The van der Waals surface area contributed by atoms with Crippen LogP contribution in [0.15, 0.2) is 30.7 Å². The number of aromatic amines is 1. The van der Waals surface area contributed by atoms with Crippen molar-refractivity contribution < 1.29 is 13.2 Å². The molecule has 0 unspecified atom stereocenters. The van der Waals surface area contributed by atoms with E-state index < -0.39 is 10.0 Å². The maximum absolute atomic E-state index is 11.7. The Hall–Kier alpha value is -2.72. The van der Waals surface area contributed by atoms with Gasteiger partial charge in [-0.05, 0) is 30.9 Å². The van der Waals surface area contributed by atoms with Crippen LogP contribution in [0.5, 0.6) is 5.75 Å². The molecule has 0 saturated carbocycles. The summed E-state index contributed by atoms with van der Waals surface area (Å²) in [5.41, 5.74) is 7.96. The minimum absolute atomic E-state index is 0.204. The highest BCUT2D eigenvalue weighted by Gasteiger charge is 2.25. The molecule has 0 atom stereocenters. The van der Waals surface area contributed by atoms with Crippen molar-refractivity contribution in [2.75, 3.05) is 31.7 Å². The number of H-pyrrole nitrogens is 1. The second-order valence-corrected chi connectivity index (χ2v) is 8.93. The molecule has 3 aromatic heterocycles. The smallest absolute Gasteiger partial charge is 0.220 e. The predicted octanol–water partition coefficient (Wildman–Crippen LogP) is 1.65. The van der Waals surface area contributed by atoms with Gasteiger partial charge in [0.15, 0.2) is 0 Å². The van der Waals surface area contributed by atoms with Crippen molar-refractivity contribution in [3.05, 3.63) is 30.7 Å². The van der Waals surface area contributed by atoms with Gasteiger partial charge in [-0.25, -0.2) is 27.7 Å². The average Bonchev–Trinajstić information content (AvgIpc) is 3.11. The van der Waals surface area contributed by atoms with E-state index in [4.69, 9.17) is 10.5 Å². The highest BCUT2D eigenvalue weighted by molar-refractivity contribution is 7.88. The first-order valence-electron chi connectivity index (χ1n) is 9.05. The lowest BCUT2D eigenvalue weighted by atomic mass is 9.99. The van der Waals surface area contributed by atoms with Crippen LogP contribution in [0.3, 0.4) is 0 Å². The van der Waals surface area contributed by atoms with E-state index >= 15 is 0 Å². The van der Waals surface area contributed by atoms with Gasteiger partial charge >= 0.3 is 0 Å². The number of anilines is 1. The van der Waals surface area contributed by atoms with Crippen LogP contribution in [0.2, 0.25) is 0 Å². The molecule has 4 heterocycles. The summed E-state index contributed by atoms with van der Waals surface area (Å²) in [5, 5.41) is 0.842. The van der Waals surface area contributed by atoms with Gasteiger partial charge in [-0.2, -0.15) is 0 Å². The van der Waals surface area contributed by atoms with Crippen LogP contribution in [0.25, 0.3) is 22.3 Å². The number of piperidine rings is 1. The molecule has 3 aromatic rings. The number of nitrogens with one attached hydrogen (secondary N) is 1. The van der Waals surface area contributed by atoms with Crippen LogP contribution in [-0.2, 0) is 10.0 Å². The largest absolute Gasteiger partial charge is 0.492 e. The molecule has 10 heteroatoms. The second-order valence-electron chi connectivity index (χ2n) is 6.95. The zero-order chi connectivity index (χ0) is 19.7. The summed E-state index contributed by atoms with van der Waals surface area (Å²) in [7, 11) is -3.12. The van der Waals surface area contributed by atoms with E-state index in [1.165, 1.54) is 10.6 Å². The lowest BCUT2D eigenvalue weighted by Crippen LogP contribution is -2.39. The van der Waals surface area contributed by atoms with E-state index in [1.807, 2.05) is 12.3 Å². The highest BCUT2D eigenvalue weighted by Crippen LogP contribution is 2.34. The van der Waals surface area contributed by atoms with Gasteiger partial charge in [0.2, 0.25) is 16.0 Å². The van der Waals surface area contributed by atoms with Crippen LogP contribution in [-0.4, -0.2) is 58.6 Å². The number of nitrogens with zero attached hydrogens (tertiary/aromatic N) is 4. The van der Waals surface area contributed by atoms with E-state index in [0.29, 0.717) is 42.7 Å². The molecule has 148 valence electrons. The van der Waals surface area contributed by atoms with E-state index in [1.54, 1.807) is 18.5 Å². The van der Waals surface area contributed by atoms with Gasteiger partial charge in [0.25, 0.3) is 0 Å². The Balaban J connectivity index is 1.53. The Bertz CT molecular complexity index is 1090. The third kappa shape index (κ3) is 3.78. The zero-order valence-electron chi connectivity index (χ0n) is 15.5. The number of sulfonamides is 1. The lowest BCUT2D eigenvalue weighted by molar-refractivity contribution is 0.187. The number of ether oxygens (including phenoxy) is 1. The quantitative estimate of drug-likeness (QED) is 0.664. The number of nitrogen functional groups attached to an aromatic ring is 1. The standard InChI is InChI=1S/C18H22N6O3S/c1-28(25,26)24-8-4-12(5-9-24)11-27-15-3-7-20-17-16(15)13(10-22-17)14-2-6-21-18(19)23-14/h2-3,6-7,10,12H,4-5,8-9,11H2,1H3,(H,20,22)(H2,19,21,23). The van der Waals surface area contributed by atoms with Crippen LogP contribution >= 0.6 is 0 Å². The monoisotopic (exact) mass is 402 g/mol. The molecule has 1 aliphatic rings. The summed E-state index contributed by atoms with van der Waals surface area (Å²) >= 11 is 0. The zero-order valence-corrected chi connectivity index (χ0v) is 16.3. The number of pyridine rings is 1. The van der Waals surface area contributed by atoms with Crippen molar-refractivity contribution in [3.63, 3.8) is 0 Å². The molecule has 1 fully saturated rings. The molecule has 0 amide bonds. The molecule has 0 spiro atoms. The number of rotatable bonds is 5. The summed E-state index contributed by atoms with van der Waals surface area (Å²) in [6.07, 6.45) is 7.96. The van der Waals surface area contributed by atoms with Crippen LogP contribution in [0.1, 0.15) is 12.8 Å². The van der Waals surface area contributed by atoms with Crippen molar-refractivity contribution in [1.82, 2.24) is 24.2 Å². The molecule has 4 rings (SSSR count). The van der Waals surface area contributed by atoms with Gasteiger partial charge in [0.05, 0.1) is 23.9 Å². The number of nitrogens with two attached hydrogens (primary N) is 1. The first kappa shape index (κ1) is 18.6. The molecule has 0 radical (unpaired) electrons. The van der Waals surface area contributed by atoms with Crippen molar-refractivity contribution in [3.8, 4) is 17.0 Å². The minimum atomic E-state index is -3.12. The molecule has 0 aromatic carbocycles. The minimum Gasteiger partial charge on any atom is -0.492 e. The fraction of sp³-hybridized carbons (Fsp3) is 0.389. The van der Waals surface area contributed by atoms with Gasteiger partial charge in [-0.1, -0.05) is 0 Å². The SMILES string of the molecule is CS(=O)(=O)N1CCC(COc2ccnc3[nH]cc(-c4ccnc(N)n4)c23)CC1. The predicted molar refractivity (Wildman–Crippen MR) is 106 cm³/mol. The molecule has 1 aliphatic heterocycles. The molecule has 3 N–H and O–H groups in total. The number of hydrogen-bond donors (Lipinski definition) is 2. The fourth-order valence-electron chi connectivity index (χ4n) is 3.49. The van der Waals surface area contributed by atoms with Gasteiger partial charge in [0, 0.05) is 37.2 Å². The molecule has 28 heavy (non-hydrogen) atoms. The lowest BCUT2D eigenvalue weighted by Gasteiger charge is -2.30. The number of aromatic nitrogens is 4. The summed E-state index contributed by atoms with van der Waals surface area (Å²) in [6, 6.07) is 3.62. The van der Waals surface area contributed by atoms with E-state index in [9.17, 15) is 8.42 Å². The van der Waals surface area contributed by atoms with Gasteiger partial charge in [-0.3, -0.25) is 0 Å². The maximum Gasteiger partial charge on any atom is 0.220 e. The molecule has 0 aliphatic carbocycles.